The molecule has 2 rings (SSSR count). The van der Waals surface area contributed by atoms with Crippen LogP contribution in [0.15, 0.2) is 48.5 Å². The van der Waals surface area contributed by atoms with Crippen LogP contribution in [0.5, 0.6) is 0 Å². The third kappa shape index (κ3) is 2.21. The van der Waals surface area contributed by atoms with Crippen LogP contribution in [-0.2, 0) is 0 Å². The van der Waals surface area contributed by atoms with E-state index in [-0.39, 0.29) is 0 Å². The van der Waals surface area contributed by atoms with Crippen molar-refractivity contribution < 1.29 is 0 Å². The minimum absolute atomic E-state index is 0.797. The zero-order valence-corrected chi connectivity index (χ0v) is 9.33. The molecule has 0 nitrogen and oxygen atoms in total. The third-order valence-corrected chi connectivity index (χ3v) is 2.76. The molecule has 0 aliphatic rings. The molecule has 0 atom stereocenters. The van der Waals surface area contributed by atoms with Gasteiger partial charge in [0.15, 0.2) is 0 Å². The summed E-state index contributed by atoms with van der Waals surface area (Å²) in [6, 6.07) is 16.3. The molecule has 0 fully saturated rings. The fraction of sp³-hybridized carbons (Fsp3) is 0.0714. The van der Waals surface area contributed by atoms with Gasteiger partial charge in [-0.15, -0.1) is 0 Å². The first-order chi connectivity index (χ1) is 7.31. The van der Waals surface area contributed by atoms with E-state index in [9.17, 15) is 0 Å². The summed E-state index contributed by atoms with van der Waals surface area (Å²) in [5.74, 6) is 0. The van der Waals surface area contributed by atoms with E-state index in [2.05, 4.69) is 30.7 Å². The number of benzene rings is 2. The van der Waals surface area contributed by atoms with E-state index in [0.29, 0.717) is 0 Å². The number of hydrogen-bond donors (Lipinski definition) is 0. The lowest BCUT2D eigenvalue weighted by molar-refractivity contribution is 1.42. The van der Waals surface area contributed by atoms with Crippen molar-refractivity contribution in [3.8, 4) is 11.1 Å². The molecule has 0 N–H and O–H groups in total. The molecule has 0 heterocycles. The van der Waals surface area contributed by atoms with Crippen LogP contribution >= 0.6 is 11.6 Å². The van der Waals surface area contributed by atoms with Gasteiger partial charge in [0.05, 0.1) is 0 Å². The third-order valence-electron chi connectivity index (χ3n) is 2.43. The Bertz CT molecular complexity index is 443. The lowest BCUT2D eigenvalue weighted by Crippen LogP contribution is -1.81. The first kappa shape index (κ1) is 10.3. The summed E-state index contributed by atoms with van der Waals surface area (Å²) in [7, 11) is 0. The van der Waals surface area contributed by atoms with Crippen molar-refractivity contribution in [3.63, 3.8) is 0 Å². The Labute approximate surface area is 95.5 Å². The molecule has 0 aliphatic heterocycles. The summed E-state index contributed by atoms with van der Waals surface area (Å²) in [5, 5.41) is 0.797. The fourth-order valence-corrected chi connectivity index (χ4v) is 1.80. The van der Waals surface area contributed by atoms with E-state index in [1.807, 2.05) is 31.2 Å². The van der Waals surface area contributed by atoms with Gasteiger partial charge in [-0.05, 0) is 23.6 Å². The molecule has 0 aromatic heterocycles. The smallest absolute Gasteiger partial charge is 0.0484 e. The van der Waals surface area contributed by atoms with Gasteiger partial charge in [-0.2, -0.15) is 0 Å². The van der Waals surface area contributed by atoms with Crippen molar-refractivity contribution >= 4 is 11.6 Å². The molecule has 75 valence electrons. The van der Waals surface area contributed by atoms with E-state index in [1.54, 1.807) is 0 Å². The van der Waals surface area contributed by atoms with Crippen LogP contribution in [0.25, 0.3) is 11.1 Å². The largest absolute Gasteiger partial charge is 0.0837 e. The summed E-state index contributed by atoms with van der Waals surface area (Å²) < 4.78 is 0. The number of halogens is 1. The summed E-state index contributed by atoms with van der Waals surface area (Å²) >= 11 is 6.12. The average Bonchev–Trinajstić information content (AvgIpc) is 2.30. The molecule has 0 saturated heterocycles. The molecule has 1 heteroatoms. The van der Waals surface area contributed by atoms with Crippen LogP contribution in [0.4, 0.5) is 0 Å². The molecule has 2 aromatic rings. The van der Waals surface area contributed by atoms with Crippen LogP contribution in [0.2, 0.25) is 5.02 Å². The molecular formula is C14H12Cl. The lowest BCUT2D eigenvalue weighted by atomic mass is 10.0. The van der Waals surface area contributed by atoms with Crippen molar-refractivity contribution in [2.45, 2.75) is 6.92 Å². The normalized spacial score (nSPS) is 10.3. The van der Waals surface area contributed by atoms with E-state index in [0.717, 1.165) is 16.1 Å². The van der Waals surface area contributed by atoms with Crippen LogP contribution < -0.4 is 0 Å². The average molecular weight is 216 g/mol. The molecule has 0 spiro atoms. The molecule has 0 unspecified atom stereocenters. The van der Waals surface area contributed by atoms with Gasteiger partial charge in [-0.25, -0.2) is 0 Å². The SMILES string of the molecule is C[CH]c1ccc(-c2ccccc2Cl)cc1. The van der Waals surface area contributed by atoms with Crippen molar-refractivity contribution in [1.29, 1.82) is 0 Å². The summed E-state index contributed by atoms with van der Waals surface area (Å²) in [4.78, 5) is 0. The van der Waals surface area contributed by atoms with Crippen LogP contribution in [0.3, 0.4) is 0 Å². The molecule has 0 saturated carbocycles. The van der Waals surface area contributed by atoms with E-state index in [4.69, 9.17) is 11.6 Å². The van der Waals surface area contributed by atoms with Gasteiger partial charge in [0.25, 0.3) is 0 Å². The molecule has 2 aromatic carbocycles. The highest BCUT2D eigenvalue weighted by Crippen LogP contribution is 2.27. The second kappa shape index (κ2) is 4.50. The van der Waals surface area contributed by atoms with E-state index < -0.39 is 0 Å². The van der Waals surface area contributed by atoms with Gasteiger partial charge in [0.1, 0.15) is 0 Å². The van der Waals surface area contributed by atoms with Crippen LogP contribution in [-0.4, -0.2) is 0 Å². The Morgan fingerprint density at radius 3 is 2.20 bits per heavy atom. The highest BCUT2D eigenvalue weighted by atomic mass is 35.5. The predicted octanol–water partition coefficient (Wildman–Crippen LogP) is 4.58. The van der Waals surface area contributed by atoms with Crippen LogP contribution in [0.1, 0.15) is 12.5 Å². The molecule has 0 bridgehead atoms. The predicted molar refractivity (Wildman–Crippen MR) is 66.0 cm³/mol. The van der Waals surface area contributed by atoms with E-state index in [1.165, 1.54) is 5.56 Å². The first-order valence-corrected chi connectivity index (χ1v) is 5.33. The minimum atomic E-state index is 0.797. The molecular weight excluding hydrogens is 204 g/mol. The highest BCUT2D eigenvalue weighted by Gasteiger charge is 2.01. The maximum Gasteiger partial charge on any atom is 0.0484 e. The Kier molecular flexibility index (Phi) is 3.08. The quantitative estimate of drug-likeness (QED) is 0.688. The maximum absolute atomic E-state index is 6.12. The second-order valence-corrected chi connectivity index (χ2v) is 3.80. The van der Waals surface area contributed by atoms with Gasteiger partial charge in [0, 0.05) is 10.6 Å². The lowest BCUT2D eigenvalue weighted by Gasteiger charge is -2.04. The first-order valence-electron chi connectivity index (χ1n) is 4.95. The number of hydrogen-bond acceptors (Lipinski definition) is 0. The Hall–Kier alpha value is -1.27. The summed E-state index contributed by atoms with van der Waals surface area (Å²) in [5.41, 5.74) is 3.47. The van der Waals surface area contributed by atoms with Gasteiger partial charge in [-0.3, -0.25) is 0 Å². The Balaban J connectivity index is 2.42. The molecule has 1 radical (unpaired) electrons. The van der Waals surface area contributed by atoms with Crippen molar-refractivity contribution in [2.75, 3.05) is 0 Å². The van der Waals surface area contributed by atoms with Gasteiger partial charge in [-0.1, -0.05) is 61.0 Å². The Morgan fingerprint density at radius 1 is 0.933 bits per heavy atom. The summed E-state index contributed by atoms with van der Waals surface area (Å²) in [6.45, 7) is 2.03. The van der Waals surface area contributed by atoms with Gasteiger partial charge in [0.2, 0.25) is 0 Å². The van der Waals surface area contributed by atoms with Crippen LogP contribution in [0, 0.1) is 6.42 Å². The maximum atomic E-state index is 6.12. The minimum Gasteiger partial charge on any atom is -0.0837 e. The Morgan fingerprint density at radius 2 is 1.60 bits per heavy atom. The zero-order chi connectivity index (χ0) is 10.7. The molecule has 0 aliphatic carbocycles. The monoisotopic (exact) mass is 215 g/mol. The molecule has 0 amide bonds. The second-order valence-electron chi connectivity index (χ2n) is 3.39. The van der Waals surface area contributed by atoms with E-state index >= 15 is 0 Å². The zero-order valence-electron chi connectivity index (χ0n) is 8.57. The molecule has 15 heavy (non-hydrogen) atoms. The van der Waals surface area contributed by atoms with Gasteiger partial charge < -0.3 is 0 Å². The van der Waals surface area contributed by atoms with Crippen molar-refractivity contribution in [2.24, 2.45) is 0 Å². The number of rotatable bonds is 2. The van der Waals surface area contributed by atoms with Crippen molar-refractivity contribution in [3.05, 3.63) is 65.5 Å². The fourth-order valence-electron chi connectivity index (χ4n) is 1.55. The topological polar surface area (TPSA) is 0 Å². The summed E-state index contributed by atoms with van der Waals surface area (Å²) in [6.07, 6.45) is 2.08. The van der Waals surface area contributed by atoms with Gasteiger partial charge >= 0.3 is 0 Å². The highest BCUT2D eigenvalue weighted by molar-refractivity contribution is 6.33. The standard InChI is InChI=1S/C14H12Cl/c1-2-11-7-9-12(10-8-11)13-5-3-4-6-14(13)15/h2-10H,1H3. The van der Waals surface area contributed by atoms with Crippen molar-refractivity contribution in [1.82, 2.24) is 0 Å².